The Kier molecular flexibility index (Phi) is 8.87. The molecule has 2 rings (SSSR count). The minimum absolute atomic E-state index is 0.0432. The van der Waals surface area contributed by atoms with Crippen molar-refractivity contribution >= 4 is 23.6 Å². The first-order chi connectivity index (χ1) is 15.4. The molecule has 2 aromatic carbocycles. The van der Waals surface area contributed by atoms with Crippen molar-refractivity contribution in [3.63, 3.8) is 0 Å². The molecule has 0 aliphatic heterocycles. The summed E-state index contributed by atoms with van der Waals surface area (Å²) in [5.41, 5.74) is 6.35. The van der Waals surface area contributed by atoms with Gasteiger partial charge in [-0.05, 0) is 18.2 Å². The normalized spacial score (nSPS) is 11.6. The van der Waals surface area contributed by atoms with Crippen LogP contribution in [0.2, 0.25) is 0 Å². The Hall–Kier alpha value is -3.76. The zero-order valence-corrected chi connectivity index (χ0v) is 18.2. The number of nitrogens with one attached hydrogen (secondary N) is 1. The molecule has 1 atom stereocenters. The molecule has 4 N–H and O–H groups in total. The summed E-state index contributed by atoms with van der Waals surface area (Å²) in [6.07, 6.45) is 2.83. The number of anilines is 1. The van der Waals surface area contributed by atoms with Crippen LogP contribution < -0.4 is 34.7 Å². The van der Waals surface area contributed by atoms with Crippen molar-refractivity contribution < 1.29 is 38.4 Å². The number of aliphatic hydroxyl groups excluding tert-OH is 1. The molecular weight excluding hydrogens is 420 g/mol. The highest BCUT2D eigenvalue weighted by atomic mass is 16.6. The number of nitrogens with two attached hydrogens (primary N) is 1. The lowest BCUT2D eigenvalue weighted by Gasteiger charge is -2.13. The number of hydrogen-bond donors (Lipinski definition) is 3. The Bertz CT molecular complexity index is 965. The minimum atomic E-state index is -1.20. The SMILES string of the molecule is COc1cc(OC)c(C=CC(=O)Nc2ccc(OC)c(OC(=O)[C@@H](N)CO)c2)c(OC)c1. The summed E-state index contributed by atoms with van der Waals surface area (Å²) in [5.74, 6) is 0.466. The van der Waals surface area contributed by atoms with Crippen LogP contribution in [0.1, 0.15) is 5.56 Å². The molecule has 32 heavy (non-hydrogen) atoms. The maximum Gasteiger partial charge on any atom is 0.330 e. The van der Waals surface area contributed by atoms with Gasteiger partial charge in [0.2, 0.25) is 5.91 Å². The van der Waals surface area contributed by atoms with Gasteiger partial charge in [0.05, 0.1) is 40.6 Å². The smallest absolute Gasteiger partial charge is 0.330 e. The molecule has 0 heterocycles. The molecule has 2 aromatic rings. The van der Waals surface area contributed by atoms with E-state index in [4.69, 9.17) is 34.5 Å². The van der Waals surface area contributed by atoms with Gasteiger partial charge in [0.15, 0.2) is 11.5 Å². The molecule has 0 bridgehead atoms. The monoisotopic (exact) mass is 446 g/mol. The molecule has 0 unspecified atom stereocenters. The molecule has 0 radical (unpaired) electrons. The first kappa shape index (κ1) is 24.5. The molecule has 0 aliphatic carbocycles. The van der Waals surface area contributed by atoms with Crippen molar-refractivity contribution in [3.8, 4) is 28.7 Å². The third kappa shape index (κ3) is 6.13. The van der Waals surface area contributed by atoms with E-state index >= 15 is 0 Å². The molecule has 172 valence electrons. The number of hydrogen-bond acceptors (Lipinski definition) is 9. The van der Waals surface area contributed by atoms with Gasteiger partial charge in [-0.2, -0.15) is 0 Å². The van der Waals surface area contributed by atoms with Crippen molar-refractivity contribution in [1.82, 2.24) is 0 Å². The molecule has 0 aromatic heterocycles. The Labute approximate surface area is 185 Å². The number of benzene rings is 2. The summed E-state index contributed by atoms with van der Waals surface area (Å²) in [6.45, 7) is -0.569. The molecule has 0 fully saturated rings. The number of esters is 1. The van der Waals surface area contributed by atoms with Gasteiger partial charge >= 0.3 is 5.97 Å². The van der Waals surface area contributed by atoms with E-state index < -0.39 is 24.5 Å². The van der Waals surface area contributed by atoms with Crippen molar-refractivity contribution in [3.05, 3.63) is 42.0 Å². The largest absolute Gasteiger partial charge is 0.496 e. The number of methoxy groups -OCH3 is 4. The van der Waals surface area contributed by atoms with Gasteiger partial charge in [-0.3, -0.25) is 4.79 Å². The lowest BCUT2D eigenvalue weighted by atomic mass is 10.1. The van der Waals surface area contributed by atoms with Crippen LogP contribution in [0.4, 0.5) is 5.69 Å². The average Bonchev–Trinajstić information content (AvgIpc) is 2.81. The molecule has 0 aliphatic rings. The second-order valence-corrected chi connectivity index (χ2v) is 6.34. The average molecular weight is 446 g/mol. The van der Waals surface area contributed by atoms with Crippen molar-refractivity contribution in [2.24, 2.45) is 5.73 Å². The first-order valence-corrected chi connectivity index (χ1v) is 9.42. The fourth-order valence-corrected chi connectivity index (χ4v) is 2.63. The third-order valence-electron chi connectivity index (χ3n) is 4.30. The van der Waals surface area contributed by atoms with E-state index in [1.54, 1.807) is 18.2 Å². The van der Waals surface area contributed by atoms with Gasteiger partial charge in [0, 0.05) is 30.0 Å². The van der Waals surface area contributed by atoms with Crippen molar-refractivity contribution in [2.75, 3.05) is 40.4 Å². The lowest BCUT2D eigenvalue weighted by Crippen LogP contribution is -2.37. The Morgan fingerprint density at radius 1 is 0.969 bits per heavy atom. The van der Waals surface area contributed by atoms with E-state index in [-0.39, 0.29) is 11.5 Å². The minimum Gasteiger partial charge on any atom is -0.496 e. The molecule has 0 saturated heterocycles. The molecule has 1 amide bonds. The maximum absolute atomic E-state index is 12.5. The highest BCUT2D eigenvalue weighted by molar-refractivity contribution is 6.02. The number of rotatable bonds is 10. The predicted molar refractivity (Wildman–Crippen MR) is 117 cm³/mol. The van der Waals surface area contributed by atoms with Crippen molar-refractivity contribution in [1.29, 1.82) is 0 Å². The number of aliphatic hydroxyl groups is 1. The van der Waals surface area contributed by atoms with Gasteiger partial charge in [-0.1, -0.05) is 0 Å². The molecule has 10 heteroatoms. The van der Waals surface area contributed by atoms with Gasteiger partial charge in [0.1, 0.15) is 23.3 Å². The zero-order valence-electron chi connectivity index (χ0n) is 18.2. The van der Waals surface area contributed by atoms with E-state index in [0.29, 0.717) is 28.5 Å². The molecular formula is C22H26N2O8. The van der Waals surface area contributed by atoms with Crippen LogP contribution in [0.15, 0.2) is 36.4 Å². The summed E-state index contributed by atoms with van der Waals surface area (Å²) in [5, 5.41) is 11.7. The van der Waals surface area contributed by atoms with Crippen LogP contribution >= 0.6 is 0 Å². The van der Waals surface area contributed by atoms with Crippen LogP contribution in [-0.2, 0) is 9.59 Å². The summed E-state index contributed by atoms with van der Waals surface area (Å²) < 4.78 is 26.2. The standard InChI is InChI=1S/C22H26N2O8/c1-28-14-10-18(30-3)15(19(11-14)31-4)6-8-21(26)24-13-5-7-17(29-2)20(9-13)32-22(27)16(23)12-25/h5-11,16,25H,12,23H2,1-4H3,(H,24,26)/t16-/m0/s1. The van der Waals surface area contributed by atoms with Crippen LogP contribution in [0.5, 0.6) is 28.7 Å². The number of carbonyl (C=O) groups is 2. The van der Waals surface area contributed by atoms with Crippen LogP contribution in [-0.4, -0.2) is 58.1 Å². The molecule has 0 saturated carbocycles. The van der Waals surface area contributed by atoms with E-state index in [0.717, 1.165) is 0 Å². The fraction of sp³-hybridized carbons (Fsp3) is 0.273. The summed E-state index contributed by atoms with van der Waals surface area (Å²) >= 11 is 0. The van der Waals surface area contributed by atoms with E-state index in [1.807, 2.05) is 0 Å². The van der Waals surface area contributed by atoms with Gasteiger partial charge < -0.3 is 39.8 Å². The summed E-state index contributed by atoms with van der Waals surface area (Å²) in [7, 11) is 5.91. The fourth-order valence-electron chi connectivity index (χ4n) is 2.63. The maximum atomic E-state index is 12.5. The van der Waals surface area contributed by atoms with Crippen LogP contribution in [0.25, 0.3) is 6.08 Å². The van der Waals surface area contributed by atoms with Gasteiger partial charge in [-0.25, -0.2) is 4.79 Å². The summed E-state index contributed by atoms with van der Waals surface area (Å²) in [4.78, 5) is 24.3. The zero-order chi connectivity index (χ0) is 23.7. The topological polar surface area (TPSA) is 139 Å². The van der Waals surface area contributed by atoms with Gasteiger partial charge in [-0.15, -0.1) is 0 Å². The highest BCUT2D eigenvalue weighted by Crippen LogP contribution is 2.35. The second kappa shape index (κ2) is 11.6. The second-order valence-electron chi connectivity index (χ2n) is 6.34. The summed E-state index contributed by atoms with van der Waals surface area (Å²) in [6, 6.07) is 6.63. The van der Waals surface area contributed by atoms with E-state index in [1.165, 1.54) is 52.7 Å². The Balaban J connectivity index is 2.22. The predicted octanol–water partition coefficient (Wildman–Crippen LogP) is 1.60. The number of amides is 1. The van der Waals surface area contributed by atoms with E-state index in [2.05, 4.69) is 5.32 Å². The lowest BCUT2D eigenvalue weighted by molar-refractivity contribution is -0.136. The third-order valence-corrected chi connectivity index (χ3v) is 4.30. The highest BCUT2D eigenvalue weighted by Gasteiger charge is 2.18. The van der Waals surface area contributed by atoms with Crippen molar-refractivity contribution in [2.45, 2.75) is 6.04 Å². The number of ether oxygens (including phenoxy) is 5. The van der Waals surface area contributed by atoms with Crippen LogP contribution in [0.3, 0.4) is 0 Å². The first-order valence-electron chi connectivity index (χ1n) is 9.42. The molecule has 0 spiro atoms. The van der Waals surface area contributed by atoms with Gasteiger partial charge in [0.25, 0.3) is 0 Å². The van der Waals surface area contributed by atoms with Crippen LogP contribution in [0, 0.1) is 0 Å². The quantitative estimate of drug-likeness (QED) is 0.282. The Morgan fingerprint density at radius 3 is 2.12 bits per heavy atom. The molecule has 10 nitrogen and oxygen atoms in total. The number of carbonyl (C=O) groups excluding carboxylic acids is 2. The van der Waals surface area contributed by atoms with E-state index in [9.17, 15) is 9.59 Å². The Morgan fingerprint density at radius 2 is 1.59 bits per heavy atom.